The van der Waals surface area contributed by atoms with Crippen LogP contribution in [0.3, 0.4) is 0 Å². The topological polar surface area (TPSA) is 51.7 Å². The third-order valence-electron chi connectivity index (χ3n) is 4.53. The summed E-state index contributed by atoms with van der Waals surface area (Å²) in [6.45, 7) is 4.15. The molecule has 3 rings (SSSR count). The highest BCUT2D eigenvalue weighted by Crippen LogP contribution is 2.29. The van der Waals surface area contributed by atoms with E-state index in [1.807, 2.05) is 38.1 Å². The number of hydrogen-bond donors (Lipinski definition) is 0. The van der Waals surface area contributed by atoms with Gasteiger partial charge in [-0.25, -0.2) is 9.37 Å². The molecular formula is C22H23FN2O3S. The maximum absolute atomic E-state index is 14.6. The molecule has 29 heavy (non-hydrogen) atoms. The van der Waals surface area contributed by atoms with Gasteiger partial charge in [0.2, 0.25) is 0 Å². The van der Waals surface area contributed by atoms with Crippen LogP contribution in [0.5, 0.6) is 11.5 Å². The van der Waals surface area contributed by atoms with Crippen LogP contribution in [0.4, 0.5) is 4.39 Å². The van der Waals surface area contributed by atoms with E-state index in [0.29, 0.717) is 28.6 Å². The Balaban J connectivity index is 1.72. The van der Waals surface area contributed by atoms with Gasteiger partial charge in [-0.15, -0.1) is 11.3 Å². The summed E-state index contributed by atoms with van der Waals surface area (Å²) in [4.78, 5) is 18.3. The van der Waals surface area contributed by atoms with Gasteiger partial charge in [-0.3, -0.25) is 4.79 Å². The number of halogens is 1. The Morgan fingerprint density at radius 2 is 2.00 bits per heavy atom. The summed E-state index contributed by atoms with van der Waals surface area (Å²) < 4.78 is 25.5. The first kappa shape index (κ1) is 20.8. The number of rotatable bonds is 7. The number of benzene rings is 2. The Morgan fingerprint density at radius 1 is 1.21 bits per heavy atom. The van der Waals surface area contributed by atoms with E-state index in [1.165, 1.54) is 17.4 Å². The summed E-state index contributed by atoms with van der Waals surface area (Å²) in [5.74, 6) is 0.534. The molecule has 0 atom stereocenters. The molecule has 0 aliphatic heterocycles. The van der Waals surface area contributed by atoms with E-state index in [2.05, 4.69) is 4.98 Å². The van der Waals surface area contributed by atoms with Crippen molar-refractivity contribution in [3.8, 4) is 22.1 Å². The van der Waals surface area contributed by atoms with Crippen LogP contribution in [0, 0.1) is 5.82 Å². The average molecular weight is 415 g/mol. The quantitative estimate of drug-likeness (QED) is 0.545. The van der Waals surface area contributed by atoms with Crippen molar-refractivity contribution >= 4 is 17.2 Å². The van der Waals surface area contributed by atoms with Crippen LogP contribution in [0.2, 0.25) is 0 Å². The summed E-state index contributed by atoms with van der Waals surface area (Å²) in [6, 6.07) is 12.2. The van der Waals surface area contributed by atoms with E-state index in [1.54, 1.807) is 36.6 Å². The SMILES string of the molecule is COc1cccc(COc2ccc(-c3nc(C(=O)N(C)C(C)C)cs3)c(F)c2)c1. The van der Waals surface area contributed by atoms with Gasteiger partial charge in [0.15, 0.2) is 0 Å². The second-order valence-corrected chi connectivity index (χ2v) is 7.69. The molecule has 0 aliphatic rings. The Hall–Kier alpha value is -2.93. The average Bonchev–Trinajstić information content (AvgIpc) is 3.21. The number of hydrogen-bond acceptors (Lipinski definition) is 5. The lowest BCUT2D eigenvalue weighted by Gasteiger charge is -2.20. The fraction of sp³-hybridized carbons (Fsp3) is 0.273. The minimum Gasteiger partial charge on any atom is -0.497 e. The molecule has 5 nitrogen and oxygen atoms in total. The molecule has 1 aromatic heterocycles. The lowest BCUT2D eigenvalue weighted by molar-refractivity contribution is 0.0750. The standard InChI is InChI=1S/C22H23FN2O3S/c1-14(2)25(3)22(26)20-13-29-21(24-20)18-9-8-17(11-19(18)23)28-12-15-6-5-7-16(10-15)27-4/h5-11,13-14H,12H2,1-4H3. The molecule has 3 aromatic rings. The van der Waals surface area contributed by atoms with E-state index >= 15 is 0 Å². The fourth-order valence-electron chi connectivity index (χ4n) is 2.60. The Bertz CT molecular complexity index is 1000. The van der Waals surface area contributed by atoms with E-state index in [-0.39, 0.29) is 11.9 Å². The minimum absolute atomic E-state index is 0.0606. The largest absolute Gasteiger partial charge is 0.497 e. The van der Waals surface area contributed by atoms with Crippen LogP contribution in [-0.4, -0.2) is 36.0 Å². The maximum Gasteiger partial charge on any atom is 0.273 e. The molecule has 1 amide bonds. The van der Waals surface area contributed by atoms with Crippen molar-refractivity contribution in [3.05, 3.63) is 64.9 Å². The number of methoxy groups -OCH3 is 1. The molecule has 7 heteroatoms. The summed E-state index contributed by atoms with van der Waals surface area (Å²) >= 11 is 1.24. The van der Waals surface area contributed by atoms with Crippen molar-refractivity contribution in [1.82, 2.24) is 9.88 Å². The van der Waals surface area contributed by atoms with Gasteiger partial charge in [0.1, 0.15) is 34.6 Å². The van der Waals surface area contributed by atoms with Gasteiger partial charge in [0, 0.05) is 30.1 Å². The Labute approximate surface area is 173 Å². The highest BCUT2D eigenvalue weighted by Gasteiger charge is 2.19. The van der Waals surface area contributed by atoms with Gasteiger partial charge in [-0.05, 0) is 43.7 Å². The first-order chi connectivity index (χ1) is 13.9. The van der Waals surface area contributed by atoms with Crippen molar-refractivity contribution in [2.45, 2.75) is 26.5 Å². The van der Waals surface area contributed by atoms with Gasteiger partial charge in [0.25, 0.3) is 5.91 Å². The zero-order valence-corrected chi connectivity index (χ0v) is 17.6. The smallest absolute Gasteiger partial charge is 0.273 e. The number of thiazole rings is 1. The van der Waals surface area contributed by atoms with Crippen molar-refractivity contribution in [2.24, 2.45) is 0 Å². The van der Waals surface area contributed by atoms with Crippen LogP contribution in [0.1, 0.15) is 29.9 Å². The van der Waals surface area contributed by atoms with Gasteiger partial charge in [0.05, 0.1) is 7.11 Å². The number of nitrogens with zero attached hydrogens (tertiary/aromatic N) is 2. The summed E-state index contributed by atoms with van der Waals surface area (Å²) in [5, 5.41) is 2.12. The monoisotopic (exact) mass is 414 g/mol. The third-order valence-corrected chi connectivity index (χ3v) is 5.40. The first-order valence-electron chi connectivity index (χ1n) is 9.17. The van der Waals surface area contributed by atoms with E-state index in [9.17, 15) is 9.18 Å². The van der Waals surface area contributed by atoms with Crippen molar-refractivity contribution in [2.75, 3.05) is 14.2 Å². The Morgan fingerprint density at radius 3 is 2.69 bits per heavy atom. The number of ether oxygens (including phenoxy) is 2. The molecule has 0 bridgehead atoms. The highest BCUT2D eigenvalue weighted by atomic mass is 32.1. The molecule has 152 valence electrons. The Kier molecular flexibility index (Phi) is 6.49. The predicted molar refractivity (Wildman–Crippen MR) is 112 cm³/mol. The van der Waals surface area contributed by atoms with Gasteiger partial charge in [-0.2, -0.15) is 0 Å². The maximum atomic E-state index is 14.6. The molecule has 0 unspecified atom stereocenters. The van der Waals surface area contributed by atoms with Gasteiger partial charge >= 0.3 is 0 Å². The van der Waals surface area contributed by atoms with Crippen molar-refractivity contribution < 1.29 is 18.7 Å². The minimum atomic E-state index is -0.446. The second-order valence-electron chi connectivity index (χ2n) is 6.83. The zero-order chi connectivity index (χ0) is 21.0. The van der Waals surface area contributed by atoms with Crippen LogP contribution >= 0.6 is 11.3 Å². The van der Waals surface area contributed by atoms with E-state index in [0.717, 1.165) is 11.3 Å². The zero-order valence-electron chi connectivity index (χ0n) is 16.8. The summed E-state index contributed by atoms with van der Waals surface area (Å²) in [5.41, 5.74) is 1.58. The lowest BCUT2D eigenvalue weighted by atomic mass is 10.2. The van der Waals surface area contributed by atoms with Gasteiger partial charge < -0.3 is 14.4 Å². The highest BCUT2D eigenvalue weighted by molar-refractivity contribution is 7.13. The van der Waals surface area contributed by atoms with Crippen LogP contribution in [0.25, 0.3) is 10.6 Å². The molecule has 0 saturated heterocycles. The molecule has 0 N–H and O–H groups in total. The van der Waals surface area contributed by atoms with Crippen molar-refractivity contribution in [3.63, 3.8) is 0 Å². The normalized spacial score (nSPS) is 10.8. The molecule has 0 radical (unpaired) electrons. The number of aromatic nitrogens is 1. The molecule has 1 heterocycles. The fourth-order valence-corrected chi connectivity index (χ4v) is 3.42. The second kappa shape index (κ2) is 9.05. The van der Waals surface area contributed by atoms with Crippen LogP contribution < -0.4 is 9.47 Å². The number of carbonyl (C=O) groups is 1. The van der Waals surface area contributed by atoms with E-state index < -0.39 is 5.82 Å². The van der Waals surface area contributed by atoms with Crippen LogP contribution in [-0.2, 0) is 6.61 Å². The number of amides is 1. The predicted octanol–water partition coefficient (Wildman–Crippen LogP) is 5.02. The van der Waals surface area contributed by atoms with Crippen molar-refractivity contribution in [1.29, 1.82) is 0 Å². The van der Waals surface area contributed by atoms with E-state index in [4.69, 9.17) is 9.47 Å². The molecule has 0 saturated carbocycles. The lowest BCUT2D eigenvalue weighted by Crippen LogP contribution is -2.33. The van der Waals surface area contributed by atoms with Crippen LogP contribution in [0.15, 0.2) is 47.8 Å². The third kappa shape index (κ3) is 4.92. The summed E-state index contributed by atoms with van der Waals surface area (Å²) in [7, 11) is 3.33. The first-order valence-corrected chi connectivity index (χ1v) is 10.1. The molecular weight excluding hydrogens is 391 g/mol. The molecule has 2 aromatic carbocycles. The molecule has 0 spiro atoms. The molecule has 0 aliphatic carbocycles. The van der Waals surface area contributed by atoms with Gasteiger partial charge in [-0.1, -0.05) is 12.1 Å². The number of carbonyl (C=O) groups excluding carboxylic acids is 1. The molecule has 0 fully saturated rings. The summed E-state index contributed by atoms with van der Waals surface area (Å²) in [6.07, 6.45) is 0.